The molecule has 2 bridgehead atoms. The molecule has 2 aliphatic rings. The number of carbonyl (C=O) groups excluding carboxylic acids is 1. The number of nitrogens with one attached hydrogen (secondary N) is 1. The van der Waals surface area contributed by atoms with E-state index in [1.165, 1.54) is 13.5 Å². The Hall–Kier alpha value is -0.610. The quantitative estimate of drug-likeness (QED) is 0.730. The fraction of sp³-hybridized carbons (Fsp3) is 0.917. The van der Waals surface area contributed by atoms with Crippen LogP contribution in [0.4, 0.5) is 0 Å². The summed E-state index contributed by atoms with van der Waals surface area (Å²) >= 11 is 0. The van der Waals surface area contributed by atoms with E-state index in [-0.39, 0.29) is 17.9 Å². The summed E-state index contributed by atoms with van der Waals surface area (Å²) in [5, 5.41) is 3.50. The summed E-state index contributed by atoms with van der Waals surface area (Å²) in [7, 11) is 1.44. The molecule has 2 rings (SSSR count). The van der Waals surface area contributed by atoms with Crippen LogP contribution in [-0.4, -0.2) is 37.4 Å². The second-order valence-electron chi connectivity index (χ2n) is 4.98. The molecule has 0 spiro atoms. The average molecular weight is 227 g/mol. The van der Waals surface area contributed by atoms with E-state index < -0.39 is 0 Å². The Labute approximate surface area is 96.7 Å². The SMILES string of the molecule is COC(=O)C(C)C(C)NC1CC2CCC1O2. The van der Waals surface area contributed by atoms with Gasteiger partial charge in [0.1, 0.15) is 0 Å². The average Bonchev–Trinajstić information content (AvgIpc) is 2.88. The topological polar surface area (TPSA) is 47.6 Å². The van der Waals surface area contributed by atoms with Gasteiger partial charge in [0.25, 0.3) is 0 Å². The van der Waals surface area contributed by atoms with Gasteiger partial charge in [0.15, 0.2) is 0 Å². The molecule has 0 saturated carbocycles. The molecule has 0 amide bonds. The fourth-order valence-electron chi connectivity index (χ4n) is 2.69. The van der Waals surface area contributed by atoms with Crippen LogP contribution >= 0.6 is 0 Å². The Morgan fingerprint density at radius 1 is 1.44 bits per heavy atom. The summed E-state index contributed by atoms with van der Waals surface area (Å²) < 4.78 is 10.5. The van der Waals surface area contributed by atoms with Gasteiger partial charge in [0, 0.05) is 12.1 Å². The van der Waals surface area contributed by atoms with E-state index in [9.17, 15) is 4.79 Å². The molecule has 0 radical (unpaired) electrons. The molecule has 2 aliphatic heterocycles. The number of fused-ring (bicyclic) bond motifs is 2. The number of hydrogen-bond acceptors (Lipinski definition) is 4. The monoisotopic (exact) mass is 227 g/mol. The smallest absolute Gasteiger partial charge is 0.309 e. The van der Waals surface area contributed by atoms with Crippen molar-refractivity contribution in [2.24, 2.45) is 5.92 Å². The first kappa shape index (κ1) is 11.9. The van der Waals surface area contributed by atoms with Crippen molar-refractivity contribution in [3.63, 3.8) is 0 Å². The highest BCUT2D eigenvalue weighted by molar-refractivity contribution is 5.72. The van der Waals surface area contributed by atoms with Gasteiger partial charge in [-0.1, -0.05) is 6.92 Å². The second kappa shape index (κ2) is 4.72. The first-order valence-electron chi connectivity index (χ1n) is 6.11. The number of hydrogen-bond donors (Lipinski definition) is 1. The van der Waals surface area contributed by atoms with Crippen LogP contribution in [-0.2, 0) is 14.3 Å². The zero-order chi connectivity index (χ0) is 11.7. The summed E-state index contributed by atoms with van der Waals surface area (Å²) in [5.41, 5.74) is 0. The molecule has 4 nitrogen and oxygen atoms in total. The molecule has 2 saturated heterocycles. The highest BCUT2D eigenvalue weighted by Gasteiger charge is 2.41. The Bertz CT molecular complexity index is 269. The third-order valence-corrected chi connectivity index (χ3v) is 3.91. The zero-order valence-electron chi connectivity index (χ0n) is 10.2. The Kier molecular flexibility index (Phi) is 3.50. The van der Waals surface area contributed by atoms with Gasteiger partial charge in [-0.25, -0.2) is 0 Å². The van der Waals surface area contributed by atoms with Crippen LogP contribution in [0.5, 0.6) is 0 Å². The van der Waals surface area contributed by atoms with E-state index in [4.69, 9.17) is 9.47 Å². The van der Waals surface area contributed by atoms with Crippen LogP contribution in [0.1, 0.15) is 33.1 Å². The van der Waals surface area contributed by atoms with Crippen molar-refractivity contribution < 1.29 is 14.3 Å². The zero-order valence-corrected chi connectivity index (χ0v) is 10.2. The minimum atomic E-state index is -0.149. The highest BCUT2D eigenvalue weighted by atomic mass is 16.5. The van der Waals surface area contributed by atoms with E-state index in [1.807, 2.05) is 13.8 Å². The molecule has 2 fully saturated rings. The number of rotatable bonds is 4. The Morgan fingerprint density at radius 3 is 2.69 bits per heavy atom. The molecule has 0 aliphatic carbocycles. The number of methoxy groups -OCH3 is 1. The number of ether oxygens (including phenoxy) is 2. The maximum absolute atomic E-state index is 11.4. The lowest BCUT2D eigenvalue weighted by atomic mass is 9.93. The largest absolute Gasteiger partial charge is 0.469 e. The molecule has 0 aromatic heterocycles. The van der Waals surface area contributed by atoms with Gasteiger partial charge >= 0.3 is 5.97 Å². The van der Waals surface area contributed by atoms with Gasteiger partial charge in [-0.3, -0.25) is 4.79 Å². The highest BCUT2D eigenvalue weighted by Crippen LogP contribution is 2.34. The van der Waals surface area contributed by atoms with Crippen LogP contribution < -0.4 is 5.32 Å². The normalized spacial score (nSPS) is 36.1. The lowest BCUT2D eigenvalue weighted by molar-refractivity contribution is -0.145. The van der Waals surface area contributed by atoms with Crippen molar-refractivity contribution in [2.75, 3.05) is 7.11 Å². The van der Waals surface area contributed by atoms with Gasteiger partial charge in [-0.05, 0) is 26.2 Å². The van der Waals surface area contributed by atoms with Crippen LogP contribution in [0.3, 0.4) is 0 Å². The van der Waals surface area contributed by atoms with Gasteiger partial charge < -0.3 is 14.8 Å². The molecule has 5 atom stereocenters. The number of carbonyl (C=O) groups is 1. The molecule has 0 aromatic carbocycles. The molecule has 5 unspecified atom stereocenters. The van der Waals surface area contributed by atoms with Crippen LogP contribution in [0.15, 0.2) is 0 Å². The molecular formula is C12H21NO3. The predicted octanol–water partition coefficient (Wildman–Crippen LogP) is 1.09. The molecular weight excluding hydrogens is 206 g/mol. The second-order valence-corrected chi connectivity index (χ2v) is 4.98. The van der Waals surface area contributed by atoms with Gasteiger partial charge in [-0.2, -0.15) is 0 Å². The van der Waals surface area contributed by atoms with Gasteiger partial charge in [-0.15, -0.1) is 0 Å². The standard InChI is InChI=1S/C12H21NO3/c1-7(12(14)15-3)8(2)13-10-6-9-4-5-11(10)16-9/h7-11,13H,4-6H2,1-3H3. The van der Waals surface area contributed by atoms with Crippen molar-refractivity contribution in [3.8, 4) is 0 Å². The molecule has 2 heterocycles. The van der Waals surface area contributed by atoms with Crippen LogP contribution in [0.2, 0.25) is 0 Å². The molecule has 4 heteroatoms. The van der Waals surface area contributed by atoms with Gasteiger partial charge in [0.2, 0.25) is 0 Å². The summed E-state index contributed by atoms with van der Waals surface area (Å²) in [5.74, 6) is -0.256. The Balaban J connectivity index is 1.83. The summed E-state index contributed by atoms with van der Waals surface area (Å²) in [4.78, 5) is 11.4. The minimum absolute atomic E-state index is 0.107. The first-order chi connectivity index (χ1) is 7.61. The van der Waals surface area contributed by atoms with Crippen molar-refractivity contribution in [1.82, 2.24) is 5.32 Å². The third-order valence-electron chi connectivity index (χ3n) is 3.91. The summed E-state index contributed by atoms with van der Waals surface area (Å²) in [6.45, 7) is 3.94. The molecule has 92 valence electrons. The third kappa shape index (κ3) is 2.23. The van der Waals surface area contributed by atoms with E-state index in [2.05, 4.69) is 5.32 Å². The maximum Gasteiger partial charge on any atom is 0.309 e. The maximum atomic E-state index is 11.4. The predicted molar refractivity (Wildman–Crippen MR) is 60.1 cm³/mol. The number of esters is 1. The lowest BCUT2D eigenvalue weighted by Gasteiger charge is -2.27. The van der Waals surface area contributed by atoms with E-state index >= 15 is 0 Å². The lowest BCUT2D eigenvalue weighted by Crippen LogP contribution is -2.46. The van der Waals surface area contributed by atoms with Gasteiger partial charge in [0.05, 0.1) is 25.2 Å². The van der Waals surface area contributed by atoms with E-state index in [0.29, 0.717) is 18.2 Å². The fourth-order valence-corrected chi connectivity index (χ4v) is 2.69. The van der Waals surface area contributed by atoms with E-state index in [0.717, 1.165) is 12.8 Å². The van der Waals surface area contributed by atoms with Crippen molar-refractivity contribution in [1.29, 1.82) is 0 Å². The molecule has 16 heavy (non-hydrogen) atoms. The van der Waals surface area contributed by atoms with Crippen molar-refractivity contribution in [2.45, 2.75) is 57.4 Å². The summed E-state index contributed by atoms with van der Waals surface area (Å²) in [6, 6.07) is 0.557. The molecule has 1 N–H and O–H groups in total. The van der Waals surface area contributed by atoms with E-state index in [1.54, 1.807) is 0 Å². The van der Waals surface area contributed by atoms with Crippen molar-refractivity contribution in [3.05, 3.63) is 0 Å². The molecule has 0 aromatic rings. The van der Waals surface area contributed by atoms with Crippen molar-refractivity contribution >= 4 is 5.97 Å². The first-order valence-corrected chi connectivity index (χ1v) is 6.11. The summed E-state index contributed by atoms with van der Waals surface area (Å²) in [6.07, 6.45) is 4.24. The minimum Gasteiger partial charge on any atom is -0.469 e. The van der Waals surface area contributed by atoms with Crippen LogP contribution in [0.25, 0.3) is 0 Å². The van der Waals surface area contributed by atoms with Crippen LogP contribution in [0, 0.1) is 5.92 Å². The Morgan fingerprint density at radius 2 is 2.19 bits per heavy atom.